The molecule has 0 aromatic rings. The molecule has 5 heteroatoms. The average molecular weight is 302 g/mol. The molecule has 0 fully saturated rings. The second-order valence-electron chi connectivity index (χ2n) is 5.30. The van der Waals surface area contributed by atoms with Crippen LogP contribution in [0.25, 0.3) is 0 Å². The van der Waals surface area contributed by atoms with E-state index in [0.717, 1.165) is 32.5 Å². The fourth-order valence-electron chi connectivity index (χ4n) is 1.46. The lowest BCUT2D eigenvalue weighted by molar-refractivity contribution is -0.146. The molecular weight excluding hydrogens is 272 g/mol. The Morgan fingerprint density at radius 2 is 1.38 bits per heavy atom. The van der Waals surface area contributed by atoms with Gasteiger partial charge in [0.25, 0.3) is 0 Å². The van der Waals surface area contributed by atoms with E-state index in [4.69, 9.17) is 14.2 Å². The number of carbonyl (C=O) groups excluding carboxylic acids is 2. The molecule has 21 heavy (non-hydrogen) atoms. The summed E-state index contributed by atoms with van der Waals surface area (Å²) in [5.74, 6) is -0.655. The Morgan fingerprint density at radius 1 is 0.857 bits per heavy atom. The van der Waals surface area contributed by atoms with Crippen molar-refractivity contribution in [3.8, 4) is 0 Å². The third-order valence-electron chi connectivity index (χ3n) is 2.88. The van der Waals surface area contributed by atoms with Crippen molar-refractivity contribution in [2.45, 2.75) is 52.9 Å². The first-order valence-electron chi connectivity index (χ1n) is 7.91. The predicted molar refractivity (Wildman–Crippen MR) is 81.2 cm³/mol. The molecule has 0 spiro atoms. The zero-order valence-electron chi connectivity index (χ0n) is 13.7. The van der Waals surface area contributed by atoms with E-state index >= 15 is 0 Å². The van der Waals surface area contributed by atoms with Crippen LogP contribution in [0, 0.1) is 5.92 Å². The summed E-state index contributed by atoms with van der Waals surface area (Å²) in [7, 11) is 0. The van der Waals surface area contributed by atoms with E-state index in [9.17, 15) is 9.59 Å². The highest BCUT2D eigenvalue weighted by Crippen LogP contribution is 2.00. The number of ketones is 1. The van der Waals surface area contributed by atoms with Crippen LogP contribution in [-0.2, 0) is 23.8 Å². The second kappa shape index (κ2) is 14.0. The smallest absolute Gasteiger partial charge is 0.313 e. The second-order valence-corrected chi connectivity index (χ2v) is 5.30. The van der Waals surface area contributed by atoms with Crippen LogP contribution in [-0.4, -0.2) is 44.8 Å². The maximum absolute atomic E-state index is 11.3. The largest absolute Gasteiger partial charge is 0.465 e. The van der Waals surface area contributed by atoms with E-state index in [1.54, 1.807) is 13.8 Å². The zero-order valence-corrected chi connectivity index (χ0v) is 13.7. The number of esters is 1. The van der Waals surface area contributed by atoms with Crippen LogP contribution in [0.2, 0.25) is 0 Å². The first kappa shape index (κ1) is 20.1. The van der Waals surface area contributed by atoms with Gasteiger partial charge in [-0.2, -0.15) is 0 Å². The molecule has 0 saturated carbocycles. The first-order valence-corrected chi connectivity index (χ1v) is 7.91. The Labute approximate surface area is 128 Å². The number of rotatable bonds is 14. The number of hydrogen-bond acceptors (Lipinski definition) is 5. The normalized spacial score (nSPS) is 10.9. The standard InChI is InChI=1S/C16H30O5/c1-4-5-8-19-9-6-10-20-11-7-12-21-16(18)13-15(17)14(2)3/h14H,4-13H2,1-3H3. The van der Waals surface area contributed by atoms with Crippen molar-refractivity contribution in [1.82, 2.24) is 0 Å². The zero-order chi connectivity index (χ0) is 15.9. The van der Waals surface area contributed by atoms with E-state index in [1.165, 1.54) is 0 Å². The van der Waals surface area contributed by atoms with Crippen molar-refractivity contribution in [2.75, 3.05) is 33.0 Å². The Morgan fingerprint density at radius 3 is 1.90 bits per heavy atom. The van der Waals surface area contributed by atoms with Crippen molar-refractivity contribution < 1.29 is 23.8 Å². The van der Waals surface area contributed by atoms with Crippen LogP contribution in [0.5, 0.6) is 0 Å². The molecule has 0 bridgehead atoms. The fourth-order valence-corrected chi connectivity index (χ4v) is 1.46. The predicted octanol–water partition coefficient (Wildman–Crippen LogP) is 2.76. The molecule has 0 aromatic heterocycles. The summed E-state index contributed by atoms with van der Waals surface area (Å²) < 4.78 is 15.8. The highest BCUT2D eigenvalue weighted by molar-refractivity contribution is 5.96. The maximum Gasteiger partial charge on any atom is 0.313 e. The molecule has 0 aliphatic heterocycles. The van der Waals surface area contributed by atoms with E-state index in [2.05, 4.69) is 6.92 Å². The summed E-state index contributed by atoms with van der Waals surface area (Å²) >= 11 is 0. The maximum atomic E-state index is 11.3. The lowest BCUT2D eigenvalue weighted by Crippen LogP contribution is -2.16. The molecule has 0 atom stereocenters. The van der Waals surface area contributed by atoms with Crippen LogP contribution in [0.15, 0.2) is 0 Å². The van der Waals surface area contributed by atoms with E-state index in [-0.39, 0.29) is 18.1 Å². The van der Waals surface area contributed by atoms with Gasteiger partial charge in [0.1, 0.15) is 12.2 Å². The lowest BCUT2D eigenvalue weighted by atomic mass is 10.1. The summed E-state index contributed by atoms with van der Waals surface area (Å²) in [5, 5.41) is 0. The SMILES string of the molecule is CCCCOCCCOCCCOC(=O)CC(=O)C(C)C. The van der Waals surface area contributed by atoms with Crippen molar-refractivity contribution in [1.29, 1.82) is 0 Å². The van der Waals surface area contributed by atoms with Gasteiger partial charge in [-0.3, -0.25) is 9.59 Å². The van der Waals surface area contributed by atoms with Crippen molar-refractivity contribution in [3.05, 3.63) is 0 Å². The fraction of sp³-hybridized carbons (Fsp3) is 0.875. The monoisotopic (exact) mass is 302 g/mol. The van der Waals surface area contributed by atoms with E-state index in [1.807, 2.05) is 0 Å². The molecule has 0 rings (SSSR count). The Bertz CT molecular complexity index is 276. The minimum absolute atomic E-state index is 0.0840. The third-order valence-corrected chi connectivity index (χ3v) is 2.88. The van der Waals surface area contributed by atoms with E-state index < -0.39 is 5.97 Å². The molecule has 0 aromatic carbocycles. The van der Waals surface area contributed by atoms with Gasteiger partial charge in [-0.25, -0.2) is 0 Å². The summed E-state index contributed by atoms with van der Waals surface area (Å²) in [6.45, 7) is 8.75. The molecule has 5 nitrogen and oxygen atoms in total. The summed E-state index contributed by atoms with van der Waals surface area (Å²) in [6.07, 6.45) is 3.65. The number of hydrogen-bond donors (Lipinski definition) is 0. The van der Waals surface area contributed by atoms with Crippen LogP contribution in [0.3, 0.4) is 0 Å². The van der Waals surface area contributed by atoms with Crippen molar-refractivity contribution in [2.24, 2.45) is 5.92 Å². The topological polar surface area (TPSA) is 61.8 Å². The molecule has 0 radical (unpaired) electrons. The van der Waals surface area contributed by atoms with Gasteiger partial charge in [0, 0.05) is 38.8 Å². The third kappa shape index (κ3) is 13.8. The van der Waals surface area contributed by atoms with Gasteiger partial charge in [0.15, 0.2) is 0 Å². The van der Waals surface area contributed by atoms with Gasteiger partial charge in [-0.05, 0) is 12.8 Å². The van der Waals surface area contributed by atoms with Crippen LogP contribution >= 0.6 is 0 Å². The Kier molecular flexibility index (Phi) is 13.4. The van der Waals surface area contributed by atoms with Gasteiger partial charge in [-0.1, -0.05) is 27.2 Å². The van der Waals surface area contributed by atoms with Gasteiger partial charge < -0.3 is 14.2 Å². The average Bonchev–Trinajstić information content (AvgIpc) is 2.44. The number of carbonyl (C=O) groups is 2. The molecule has 0 aliphatic carbocycles. The highest BCUT2D eigenvalue weighted by Gasteiger charge is 2.13. The lowest BCUT2D eigenvalue weighted by Gasteiger charge is -2.07. The Hall–Kier alpha value is -0.940. The minimum Gasteiger partial charge on any atom is -0.465 e. The summed E-state index contributed by atoms with van der Waals surface area (Å²) in [4.78, 5) is 22.6. The van der Waals surface area contributed by atoms with Gasteiger partial charge in [-0.15, -0.1) is 0 Å². The summed E-state index contributed by atoms with van der Waals surface area (Å²) in [5.41, 5.74) is 0. The number of ether oxygens (including phenoxy) is 3. The molecule has 124 valence electrons. The minimum atomic E-state index is -0.446. The van der Waals surface area contributed by atoms with Crippen LogP contribution < -0.4 is 0 Å². The highest BCUT2D eigenvalue weighted by atomic mass is 16.5. The molecular formula is C16H30O5. The van der Waals surface area contributed by atoms with Crippen LogP contribution in [0.1, 0.15) is 52.9 Å². The number of Topliss-reactive ketones (excluding diaryl/α,β-unsaturated/α-hetero) is 1. The molecule has 0 N–H and O–H groups in total. The van der Waals surface area contributed by atoms with Crippen molar-refractivity contribution in [3.63, 3.8) is 0 Å². The van der Waals surface area contributed by atoms with E-state index in [0.29, 0.717) is 26.2 Å². The van der Waals surface area contributed by atoms with Crippen molar-refractivity contribution >= 4 is 11.8 Å². The van der Waals surface area contributed by atoms with Gasteiger partial charge in [0.05, 0.1) is 6.61 Å². The number of unbranched alkanes of at least 4 members (excludes halogenated alkanes) is 1. The summed E-state index contributed by atoms with van der Waals surface area (Å²) in [6, 6.07) is 0. The van der Waals surface area contributed by atoms with Crippen LogP contribution in [0.4, 0.5) is 0 Å². The molecule has 0 heterocycles. The molecule has 0 saturated heterocycles. The molecule has 0 amide bonds. The first-order chi connectivity index (χ1) is 10.1. The molecule has 0 unspecified atom stereocenters. The van der Waals surface area contributed by atoms with Gasteiger partial charge >= 0.3 is 5.97 Å². The van der Waals surface area contributed by atoms with Gasteiger partial charge in [0.2, 0.25) is 0 Å². The molecule has 0 aliphatic rings. The quantitative estimate of drug-likeness (QED) is 0.280. The Balaban J connectivity index is 3.25.